The summed E-state index contributed by atoms with van der Waals surface area (Å²) >= 11 is 1.71. The van der Waals surface area contributed by atoms with Gasteiger partial charge in [0.1, 0.15) is 5.75 Å². The van der Waals surface area contributed by atoms with E-state index in [1.165, 1.54) is 5.56 Å². The molecule has 4 heteroatoms. The van der Waals surface area contributed by atoms with Crippen LogP contribution in [0.4, 0.5) is 0 Å². The number of nitrogens with one attached hydrogen (secondary N) is 1. The van der Waals surface area contributed by atoms with Crippen molar-refractivity contribution in [3.05, 3.63) is 46.4 Å². The zero-order valence-corrected chi connectivity index (χ0v) is 12.2. The van der Waals surface area contributed by atoms with Crippen molar-refractivity contribution < 1.29 is 4.74 Å². The second kappa shape index (κ2) is 7.26. The van der Waals surface area contributed by atoms with Crippen molar-refractivity contribution >= 4 is 11.3 Å². The van der Waals surface area contributed by atoms with Crippen LogP contribution in [-0.4, -0.2) is 18.1 Å². The summed E-state index contributed by atoms with van der Waals surface area (Å²) in [5.74, 6) is 0.845. The second-order valence-corrected chi connectivity index (χ2v) is 5.13. The lowest BCUT2D eigenvalue weighted by atomic mass is 10.0. The van der Waals surface area contributed by atoms with E-state index in [0.717, 1.165) is 30.9 Å². The van der Waals surface area contributed by atoms with E-state index in [4.69, 9.17) is 4.74 Å². The molecule has 0 saturated carbocycles. The fourth-order valence-electron chi connectivity index (χ4n) is 1.96. The van der Waals surface area contributed by atoms with Crippen molar-refractivity contribution in [3.63, 3.8) is 0 Å². The third kappa shape index (κ3) is 3.78. The summed E-state index contributed by atoms with van der Waals surface area (Å²) in [6.45, 7) is 5.87. The van der Waals surface area contributed by atoms with Gasteiger partial charge in [0.05, 0.1) is 18.8 Å². The van der Waals surface area contributed by atoms with Crippen LogP contribution < -0.4 is 10.1 Å². The highest BCUT2D eigenvalue weighted by Crippen LogP contribution is 2.25. The summed E-state index contributed by atoms with van der Waals surface area (Å²) in [6, 6.07) is 4.42. The van der Waals surface area contributed by atoms with Gasteiger partial charge in [0.2, 0.25) is 0 Å². The molecular weight excluding hydrogens is 256 g/mol. The molecule has 1 unspecified atom stereocenters. The van der Waals surface area contributed by atoms with Gasteiger partial charge in [-0.15, -0.1) is 0 Å². The van der Waals surface area contributed by atoms with Gasteiger partial charge in [-0.1, -0.05) is 13.8 Å². The Labute approximate surface area is 118 Å². The van der Waals surface area contributed by atoms with Crippen LogP contribution in [0.2, 0.25) is 0 Å². The molecule has 19 heavy (non-hydrogen) atoms. The maximum atomic E-state index is 5.65. The molecule has 0 fully saturated rings. The van der Waals surface area contributed by atoms with Gasteiger partial charge < -0.3 is 10.1 Å². The van der Waals surface area contributed by atoms with Crippen molar-refractivity contribution in [2.75, 3.05) is 13.2 Å². The third-order valence-corrected chi connectivity index (χ3v) is 3.53. The summed E-state index contributed by atoms with van der Waals surface area (Å²) in [6.07, 6.45) is 4.69. The largest absolute Gasteiger partial charge is 0.492 e. The Bertz CT molecular complexity index is 485. The quantitative estimate of drug-likeness (QED) is 0.838. The van der Waals surface area contributed by atoms with Gasteiger partial charge in [-0.25, -0.2) is 0 Å². The molecule has 0 aromatic carbocycles. The topological polar surface area (TPSA) is 34.1 Å². The molecule has 0 saturated heterocycles. The van der Waals surface area contributed by atoms with Crippen LogP contribution in [0, 0.1) is 0 Å². The molecule has 0 aliphatic carbocycles. The van der Waals surface area contributed by atoms with Crippen LogP contribution in [0.25, 0.3) is 0 Å². The van der Waals surface area contributed by atoms with Gasteiger partial charge in [0.25, 0.3) is 0 Å². The normalized spacial score (nSPS) is 12.3. The Kier molecular flexibility index (Phi) is 5.36. The van der Waals surface area contributed by atoms with Crippen LogP contribution >= 0.6 is 11.3 Å². The van der Waals surface area contributed by atoms with Gasteiger partial charge in [0, 0.05) is 6.20 Å². The average Bonchev–Trinajstić information content (AvgIpc) is 2.96. The van der Waals surface area contributed by atoms with E-state index < -0.39 is 0 Å². The lowest BCUT2D eigenvalue weighted by molar-refractivity contribution is 0.315. The zero-order chi connectivity index (χ0) is 13.5. The molecule has 0 aliphatic heterocycles. The van der Waals surface area contributed by atoms with E-state index in [9.17, 15) is 0 Å². The van der Waals surface area contributed by atoms with Gasteiger partial charge in [-0.05, 0) is 47.0 Å². The van der Waals surface area contributed by atoms with Crippen molar-refractivity contribution in [2.45, 2.75) is 26.3 Å². The number of pyridine rings is 1. The number of thiophene rings is 1. The molecule has 2 aromatic rings. The Morgan fingerprint density at radius 3 is 2.89 bits per heavy atom. The fraction of sp³-hybridized carbons (Fsp3) is 0.400. The first-order valence-electron chi connectivity index (χ1n) is 6.68. The SMILES string of the molecule is CCCOc1cncc(C(NCC)c2ccsc2)c1. The Morgan fingerprint density at radius 2 is 2.21 bits per heavy atom. The van der Waals surface area contributed by atoms with Gasteiger partial charge in [-0.2, -0.15) is 11.3 Å². The predicted octanol–water partition coefficient (Wildman–Crippen LogP) is 3.63. The standard InChI is InChI=1S/C15H20N2OS/c1-3-6-18-14-8-13(9-16-10-14)15(17-4-2)12-5-7-19-11-12/h5,7-11,15,17H,3-4,6H2,1-2H3. The summed E-state index contributed by atoms with van der Waals surface area (Å²) in [4.78, 5) is 4.29. The third-order valence-electron chi connectivity index (χ3n) is 2.83. The number of nitrogens with zero attached hydrogens (tertiary/aromatic N) is 1. The molecule has 0 spiro atoms. The minimum Gasteiger partial charge on any atom is -0.492 e. The Hall–Kier alpha value is -1.39. The van der Waals surface area contributed by atoms with Crippen molar-refractivity contribution in [2.24, 2.45) is 0 Å². The van der Waals surface area contributed by atoms with Gasteiger partial charge >= 0.3 is 0 Å². The highest BCUT2D eigenvalue weighted by Gasteiger charge is 2.14. The van der Waals surface area contributed by atoms with E-state index in [2.05, 4.69) is 47.0 Å². The van der Waals surface area contributed by atoms with E-state index >= 15 is 0 Å². The molecule has 3 nitrogen and oxygen atoms in total. The lowest BCUT2D eigenvalue weighted by Gasteiger charge is -2.17. The number of aromatic nitrogens is 1. The predicted molar refractivity (Wildman–Crippen MR) is 79.9 cm³/mol. The monoisotopic (exact) mass is 276 g/mol. The number of rotatable bonds is 7. The van der Waals surface area contributed by atoms with Crippen LogP contribution in [-0.2, 0) is 0 Å². The van der Waals surface area contributed by atoms with Crippen molar-refractivity contribution in [3.8, 4) is 5.75 Å². The van der Waals surface area contributed by atoms with E-state index in [1.54, 1.807) is 17.5 Å². The van der Waals surface area contributed by atoms with E-state index in [0.29, 0.717) is 0 Å². The van der Waals surface area contributed by atoms with Gasteiger partial charge in [0.15, 0.2) is 0 Å². The van der Waals surface area contributed by atoms with E-state index in [-0.39, 0.29) is 6.04 Å². The average molecular weight is 276 g/mol. The van der Waals surface area contributed by atoms with Gasteiger partial charge in [-0.3, -0.25) is 4.98 Å². The van der Waals surface area contributed by atoms with E-state index in [1.807, 2.05) is 6.20 Å². The molecule has 0 radical (unpaired) electrons. The summed E-state index contributed by atoms with van der Waals surface area (Å²) in [5, 5.41) is 7.77. The first-order valence-corrected chi connectivity index (χ1v) is 7.62. The molecule has 0 amide bonds. The Morgan fingerprint density at radius 1 is 1.32 bits per heavy atom. The summed E-state index contributed by atoms with van der Waals surface area (Å²) < 4.78 is 5.65. The van der Waals surface area contributed by atoms with Crippen LogP contribution in [0.3, 0.4) is 0 Å². The lowest BCUT2D eigenvalue weighted by Crippen LogP contribution is -2.21. The number of hydrogen-bond donors (Lipinski definition) is 1. The summed E-state index contributed by atoms with van der Waals surface area (Å²) in [5.41, 5.74) is 2.43. The number of ether oxygens (including phenoxy) is 1. The van der Waals surface area contributed by atoms with Crippen molar-refractivity contribution in [1.29, 1.82) is 0 Å². The summed E-state index contributed by atoms with van der Waals surface area (Å²) in [7, 11) is 0. The maximum Gasteiger partial charge on any atom is 0.137 e. The zero-order valence-electron chi connectivity index (χ0n) is 11.4. The molecule has 1 N–H and O–H groups in total. The fourth-order valence-corrected chi connectivity index (χ4v) is 2.65. The highest BCUT2D eigenvalue weighted by molar-refractivity contribution is 7.08. The minimum absolute atomic E-state index is 0.189. The molecule has 2 heterocycles. The molecule has 2 aromatic heterocycles. The van der Waals surface area contributed by atoms with Crippen LogP contribution in [0.1, 0.15) is 37.4 Å². The minimum atomic E-state index is 0.189. The van der Waals surface area contributed by atoms with Crippen molar-refractivity contribution in [1.82, 2.24) is 10.3 Å². The molecular formula is C15H20N2OS. The highest BCUT2D eigenvalue weighted by atomic mass is 32.1. The first-order chi connectivity index (χ1) is 9.35. The second-order valence-electron chi connectivity index (χ2n) is 4.35. The molecule has 0 aliphatic rings. The maximum absolute atomic E-state index is 5.65. The molecule has 0 bridgehead atoms. The smallest absolute Gasteiger partial charge is 0.137 e. The Balaban J connectivity index is 2.21. The van der Waals surface area contributed by atoms with Crippen LogP contribution in [0.5, 0.6) is 5.75 Å². The number of hydrogen-bond acceptors (Lipinski definition) is 4. The first kappa shape index (κ1) is 14.0. The molecule has 102 valence electrons. The molecule has 1 atom stereocenters. The molecule has 2 rings (SSSR count). The van der Waals surface area contributed by atoms with Crippen LogP contribution in [0.15, 0.2) is 35.3 Å².